The predicted molar refractivity (Wildman–Crippen MR) is 203 cm³/mol. The number of nitrogens with one attached hydrogen (secondary N) is 2. The lowest BCUT2D eigenvalue weighted by molar-refractivity contribution is -0.120. The molecule has 0 bridgehead atoms. The second-order valence-corrected chi connectivity index (χ2v) is 16.0. The van der Waals surface area contributed by atoms with Crippen LogP contribution in [-0.2, 0) is 20.4 Å². The minimum Gasteiger partial charge on any atom is -0.316 e. The summed E-state index contributed by atoms with van der Waals surface area (Å²) in [7, 11) is 0. The van der Waals surface area contributed by atoms with E-state index < -0.39 is 57.5 Å². The maximum Gasteiger partial charge on any atom is 0.243 e. The number of carbonyl (C=O) groups excluding carboxylic acids is 4. The molecule has 2 amide bonds. The molecule has 54 heavy (non-hydrogen) atoms. The smallest absolute Gasteiger partial charge is 0.243 e. The largest absolute Gasteiger partial charge is 0.316 e. The van der Waals surface area contributed by atoms with Gasteiger partial charge in [-0.2, -0.15) is 0 Å². The van der Waals surface area contributed by atoms with Gasteiger partial charge in [0.2, 0.25) is 11.8 Å². The molecule has 0 aliphatic carbocycles. The van der Waals surface area contributed by atoms with Crippen molar-refractivity contribution in [3.8, 4) is 22.3 Å². The predicted octanol–water partition coefficient (Wildman–Crippen LogP) is 10.9. The van der Waals surface area contributed by atoms with E-state index in [1.165, 1.54) is 86.6 Å². The van der Waals surface area contributed by atoms with Crippen molar-refractivity contribution in [2.45, 2.75) is 24.7 Å². The van der Waals surface area contributed by atoms with Gasteiger partial charge >= 0.3 is 0 Å². The Labute approximate surface area is 323 Å². The molecule has 2 unspecified atom stereocenters. The summed E-state index contributed by atoms with van der Waals surface area (Å²) in [5.41, 5.74) is -1.24. The van der Waals surface area contributed by atoms with Gasteiger partial charge in [-0.1, -0.05) is 77.8 Å². The van der Waals surface area contributed by atoms with Crippen LogP contribution in [0.5, 0.6) is 0 Å². The van der Waals surface area contributed by atoms with Gasteiger partial charge in [0.15, 0.2) is 11.6 Å². The van der Waals surface area contributed by atoms with Crippen molar-refractivity contribution in [3.63, 3.8) is 0 Å². The maximum absolute atomic E-state index is 14.4. The number of anilines is 2. The summed E-state index contributed by atoms with van der Waals surface area (Å²) in [5.74, 6) is -4.42. The van der Waals surface area contributed by atoms with E-state index in [2.05, 4.69) is 10.6 Å². The van der Waals surface area contributed by atoms with Crippen LogP contribution >= 0.6 is 45.9 Å². The van der Waals surface area contributed by atoms with Gasteiger partial charge < -0.3 is 10.6 Å². The van der Waals surface area contributed by atoms with Gasteiger partial charge in [0.05, 0.1) is 11.1 Å². The number of rotatable bonds is 4. The van der Waals surface area contributed by atoms with Gasteiger partial charge in [0, 0.05) is 16.7 Å². The molecule has 0 radical (unpaired) electrons. The van der Waals surface area contributed by atoms with E-state index in [9.17, 15) is 36.7 Å². The Bertz CT molecular complexity index is 2570. The van der Waals surface area contributed by atoms with Gasteiger partial charge in [-0.25, -0.2) is 17.6 Å². The maximum atomic E-state index is 14.4. The summed E-state index contributed by atoms with van der Waals surface area (Å²) in [5, 5.41) is 5.96. The van der Waals surface area contributed by atoms with Crippen LogP contribution < -0.4 is 10.6 Å². The van der Waals surface area contributed by atoms with E-state index in [0.29, 0.717) is 27.3 Å². The first kappa shape index (κ1) is 37.2. The molecule has 4 heterocycles. The van der Waals surface area contributed by atoms with Crippen molar-refractivity contribution < 1.29 is 36.7 Å². The molecule has 0 saturated carbocycles. The summed E-state index contributed by atoms with van der Waals surface area (Å²) < 4.78 is 56.1. The first-order valence-electron chi connectivity index (χ1n) is 16.1. The molecule has 4 aromatic carbocycles. The number of fused-ring (bicyclic) bond motifs is 2. The fourth-order valence-electron chi connectivity index (χ4n) is 6.56. The lowest BCUT2D eigenvalue weighted by Gasteiger charge is -2.32. The Morgan fingerprint density at radius 3 is 1.46 bits per heavy atom. The third-order valence-electron chi connectivity index (χ3n) is 9.50. The fourth-order valence-corrected chi connectivity index (χ4v) is 9.31. The topological polar surface area (TPSA) is 92.3 Å². The first-order chi connectivity index (χ1) is 25.7. The molecule has 2 atom stereocenters. The van der Waals surface area contributed by atoms with Crippen molar-refractivity contribution in [2.24, 2.45) is 0 Å². The van der Waals surface area contributed by atoms with Gasteiger partial charge in [-0.05, 0) is 73.0 Å². The number of thiophene rings is 2. The van der Waals surface area contributed by atoms with Crippen LogP contribution in [-0.4, -0.2) is 23.4 Å². The number of amides is 2. The molecule has 2 aromatic heterocycles. The molecule has 2 aliphatic rings. The van der Waals surface area contributed by atoms with Crippen LogP contribution in [0.25, 0.3) is 22.3 Å². The van der Waals surface area contributed by atoms with Gasteiger partial charge in [0.1, 0.15) is 52.8 Å². The minimum absolute atomic E-state index is 0.0225. The normalized spacial score (nSPS) is 19.0. The van der Waals surface area contributed by atoms with E-state index >= 15 is 0 Å². The SMILES string of the molecule is CC1(c2cccc(F)c2)C(=O)Nc2sc(Cl)c(-c3cccc(F)c3)c2C1=O.CC1(c2ccccc2F)C(=O)Nc2sc(Cl)c(-c3cccc(F)c3)c2C1=O. The quantitative estimate of drug-likeness (QED) is 0.137. The molecular formula is C40H24Cl2F4N2O4S2. The van der Waals surface area contributed by atoms with Gasteiger partial charge in [-0.3, -0.25) is 19.2 Å². The van der Waals surface area contributed by atoms with E-state index in [0.717, 1.165) is 28.7 Å². The fraction of sp³-hybridized carbons (Fsp3) is 0.100. The van der Waals surface area contributed by atoms with Crippen LogP contribution in [0.2, 0.25) is 8.67 Å². The van der Waals surface area contributed by atoms with Crippen LogP contribution in [0.1, 0.15) is 45.7 Å². The second-order valence-electron chi connectivity index (χ2n) is 12.7. The highest BCUT2D eigenvalue weighted by molar-refractivity contribution is 7.21. The Morgan fingerprint density at radius 1 is 0.537 bits per heavy atom. The zero-order valence-electron chi connectivity index (χ0n) is 28.0. The van der Waals surface area contributed by atoms with Crippen molar-refractivity contribution in [1.29, 1.82) is 0 Å². The average molecular weight is 808 g/mol. The summed E-state index contributed by atoms with van der Waals surface area (Å²) in [6, 6.07) is 22.4. The molecule has 2 N–H and O–H groups in total. The lowest BCUT2D eigenvalue weighted by atomic mass is 9.72. The summed E-state index contributed by atoms with van der Waals surface area (Å²) in [4.78, 5) is 52.4. The average Bonchev–Trinajstić information content (AvgIpc) is 3.64. The van der Waals surface area contributed by atoms with Crippen LogP contribution in [0, 0.1) is 23.3 Å². The van der Waals surface area contributed by atoms with E-state index in [1.54, 1.807) is 18.2 Å². The molecule has 2 aliphatic heterocycles. The van der Waals surface area contributed by atoms with Crippen molar-refractivity contribution in [1.82, 2.24) is 0 Å². The van der Waals surface area contributed by atoms with Crippen LogP contribution in [0.4, 0.5) is 27.6 Å². The highest BCUT2D eigenvalue weighted by Crippen LogP contribution is 2.51. The Kier molecular flexibility index (Phi) is 9.59. The Hall–Kier alpha value is -5.14. The van der Waals surface area contributed by atoms with E-state index in [4.69, 9.17) is 23.2 Å². The summed E-state index contributed by atoms with van der Waals surface area (Å²) in [6.45, 7) is 2.83. The monoisotopic (exact) mass is 806 g/mol. The molecule has 6 aromatic rings. The highest BCUT2D eigenvalue weighted by Gasteiger charge is 2.51. The molecule has 6 nitrogen and oxygen atoms in total. The van der Waals surface area contributed by atoms with Gasteiger partial charge in [-0.15, -0.1) is 22.7 Å². The standard InChI is InChI=1S/2C20H12ClF2NO2S/c1-20(11-5-3-7-13(23)9-11)16(25)15-14(10-4-2-6-12(22)8-10)17(21)27-18(15)24-19(20)26;1-20(12-7-2-3-8-13(12)23)16(25)15-14(10-5-4-6-11(22)9-10)17(21)27-18(15)24-19(20)26/h2*2-9H,1H3,(H,24,26). The van der Waals surface area contributed by atoms with Crippen molar-refractivity contribution >= 4 is 79.3 Å². The number of hydrogen-bond acceptors (Lipinski definition) is 6. The van der Waals surface area contributed by atoms with Crippen molar-refractivity contribution in [3.05, 3.63) is 151 Å². The highest BCUT2D eigenvalue weighted by atomic mass is 35.5. The van der Waals surface area contributed by atoms with Crippen LogP contribution in [0.3, 0.4) is 0 Å². The molecule has 14 heteroatoms. The number of hydrogen-bond donors (Lipinski definition) is 2. The van der Waals surface area contributed by atoms with Crippen LogP contribution in [0.15, 0.2) is 97.1 Å². The zero-order chi connectivity index (χ0) is 38.7. The third-order valence-corrected chi connectivity index (χ3v) is 12.1. The number of carbonyl (C=O) groups is 4. The van der Waals surface area contributed by atoms with Crippen molar-refractivity contribution in [2.75, 3.05) is 10.6 Å². The Morgan fingerprint density at radius 2 is 0.981 bits per heavy atom. The molecule has 0 saturated heterocycles. The minimum atomic E-state index is -1.76. The zero-order valence-corrected chi connectivity index (χ0v) is 31.1. The van der Waals surface area contributed by atoms with E-state index in [1.807, 2.05) is 0 Å². The number of benzene rings is 4. The molecule has 0 spiro atoms. The molecule has 272 valence electrons. The number of halogens is 6. The van der Waals surface area contributed by atoms with Gasteiger partial charge in [0.25, 0.3) is 0 Å². The molecule has 8 rings (SSSR count). The lowest BCUT2D eigenvalue weighted by Crippen LogP contribution is -2.48. The first-order valence-corrected chi connectivity index (χ1v) is 18.4. The summed E-state index contributed by atoms with van der Waals surface area (Å²) >= 11 is 14.7. The number of ketones is 2. The third kappa shape index (κ3) is 6.03. The molecular weight excluding hydrogens is 783 g/mol. The van der Waals surface area contributed by atoms with E-state index in [-0.39, 0.29) is 35.9 Å². The molecule has 0 fully saturated rings. The Balaban J connectivity index is 0.000000167. The second kappa shape index (κ2) is 13.9. The number of Topliss-reactive ketones (excluding diaryl/α,β-unsaturated/α-hetero) is 2. The summed E-state index contributed by atoms with van der Waals surface area (Å²) in [6.07, 6.45) is 0.